The van der Waals surface area contributed by atoms with Gasteiger partial charge >= 0.3 is 0 Å². The third-order valence-electron chi connectivity index (χ3n) is 5.25. The lowest BCUT2D eigenvalue weighted by Gasteiger charge is -2.24. The van der Waals surface area contributed by atoms with Crippen LogP contribution in [0.1, 0.15) is 31.9 Å². The number of aryl methyl sites for hydroxylation is 1. The molecule has 7 heteroatoms. The second-order valence-corrected chi connectivity index (χ2v) is 9.13. The van der Waals surface area contributed by atoms with E-state index in [0.29, 0.717) is 4.75 Å². The molecule has 28 heavy (non-hydrogen) atoms. The number of H-pyrrole nitrogens is 1. The fourth-order valence-corrected chi connectivity index (χ4v) is 4.86. The van der Waals surface area contributed by atoms with Crippen LogP contribution in [0.25, 0.3) is 10.9 Å². The summed E-state index contributed by atoms with van der Waals surface area (Å²) in [6.07, 6.45) is 4.56. The molecule has 1 aromatic heterocycles. The largest absolute Gasteiger partial charge is 0.497 e. The molecule has 0 spiro atoms. The zero-order valence-corrected chi connectivity index (χ0v) is 18.2. The lowest BCUT2D eigenvalue weighted by molar-refractivity contribution is 0.398. The van der Waals surface area contributed by atoms with Gasteiger partial charge in [-0.3, -0.25) is 4.99 Å². The van der Waals surface area contributed by atoms with E-state index < -0.39 is 0 Å². The van der Waals surface area contributed by atoms with Crippen molar-refractivity contribution in [3.05, 3.63) is 23.9 Å². The Balaban J connectivity index is 1.49. The first-order valence-electron chi connectivity index (χ1n) is 9.89. The molecule has 1 aliphatic rings. The van der Waals surface area contributed by atoms with Gasteiger partial charge in [0.05, 0.1) is 19.7 Å². The molecule has 0 amide bonds. The Bertz CT molecular complexity index is 812. The van der Waals surface area contributed by atoms with E-state index in [4.69, 9.17) is 9.47 Å². The summed E-state index contributed by atoms with van der Waals surface area (Å²) in [6, 6.07) is 6.09. The maximum atomic E-state index is 5.49. The van der Waals surface area contributed by atoms with Crippen molar-refractivity contribution in [1.29, 1.82) is 0 Å². The third kappa shape index (κ3) is 5.07. The molecule has 0 aliphatic carbocycles. The van der Waals surface area contributed by atoms with Gasteiger partial charge in [0.2, 0.25) is 0 Å². The lowest BCUT2D eigenvalue weighted by atomic mass is 10.1. The minimum atomic E-state index is 0.335. The fraction of sp³-hybridized carbons (Fsp3) is 0.571. The average Bonchev–Trinajstić information content (AvgIpc) is 3.32. The van der Waals surface area contributed by atoms with Gasteiger partial charge in [0.1, 0.15) is 11.5 Å². The van der Waals surface area contributed by atoms with Crippen molar-refractivity contribution in [2.45, 2.75) is 37.4 Å². The SMILES string of the molecule is CN=C(NCCCc1cc2c(OC)cc(OC)cc2[nH]1)NCC1(C)CCCS1. The summed E-state index contributed by atoms with van der Waals surface area (Å²) in [7, 11) is 5.19. The van der Waals surface area contributed by atoms with Crippen molar-refractivity contribution < 1.29 is 9.47 Å². The first-order chi connectivity index (χ1) is 13.6. The van der Waals surface area contributed by atoms with Gasteiger partial charge in [0, 0.05) is 48.1 Å². The number of guanidine groups is 1. The quantitative estimate of drug-likeness (QED) is 0.356. The molecule has 0 bridgehead atoms. The first kappa shape index (κ1) is 20.7. The number of hydrogen-bond donors (Lipinski definition) is 3. The van der Waals surface area contributed by atoms with Gasteiger partial charge in [0.15, 0.2) is 5.96 Å². The van der Waals surface area contributed by atoms with Crippen molar-refractivity contribution in [1.82, 2.24) is 15.6 Å². The van der Waals surface area contributed by atoms with Crippen LogP contribution in [0.5, 0.6) is 11.5 Å². The normalized spacial score (nSPS) is 19.8. The minimum absolute atomic E-state index is 0.335. The first-order valence-corrected chi connectivity index (χ1v) is 10.9. The molecule has 1 unspecified atom stereocenters. The summed E-state index contributed by atoms with van der Waals surface area (Å²) in [5.74, 6) is 3.78. The summed E-state index contributed by atoms with van der Waals surface area (Å²) >= 11 is 2.06. The molecule has 1 saturated heterocycles. The second kappa shape index (κ2) is 9.45. The number of rotatable bonds is 8. The Kier molecular flexibility index (Phi) is 6.99. The number of fused-ring (bicyclic) bond motifs is 1. The lowest BCUT2D eigenvalue weighted by Crippen LogP contribution is -2.43. The van der Waals surface area contributed by atoms with Crippen molar-refractivity contribution in [3.8, 4) is 11.5 Å². The number of aromatic amines is 1. The summed E-state index contributed by atoms with van der Waals surface area (Å²) in [5, 5.41) is 7.99. The van der Waals surface area contributed by atoms with Gasteiger partial charge in [-0.1, -0.05) is 0 Å². The van der Waals surface area contributed by atoms with E-state index >= 15 is 0 Å². The number of hydrogen-bond acceptors (Lipinski definition) is 4. The standard InChI is InChI=1S/C21H32N4O2S/c1-21(8-6-10-28-21)14-24-20(22-2)23-9-5-7-15-11-17-18(25-15)12-16(26-3)13-19(17)27-4/h11-13,25H,5-10,14H2,1-4H3,(H2,22,23,24). The molecule has 1 aliphatic heterocycles. The van der Waals surface area contributed by atoms with Crippen LogP contribution in [-0.2, 0) is 6.42 Å². The molecule has 1 atom stereocenters. The highest BCUT2D eigenvalue weighted by molar-refractivity contribution is 8.00. The highest BCUT2D eigenvalue weighted by Crippen LogP contribution is 2.37. The van der Waals surface area contributed by atoms with Gasteiger partial charge in [-0.2, -0.15) is 11.8 Å². The fourth-order valence-electron chi connectivity index (χ4n) is 3.61. The molecule has 1 fully saturated rings. The Hall–Kier alpha value is -2.02. The Morgan fingerprint density at radius 2 is 2.11 bits per heavy atom. The monoisotopic (exact) mass is 404 g/mol. The maximum Gasteiger partial charge on any atom is 0.191 e. The van der Waals surface area contributed by atoms with Crippen LogP contribution in [-0.4, -0.2) is 55.8 Å². The van der Waals surface area contributed by atoms with Gasteiger partial charge < -0.3 is 25.1 Å². The second-order valence-electron chi connectivity index (χ2n) is 7.44. The average molecular weight is 405 g/mol. The number of aromatic nitrogens is 1. The Morgan fingerprint density at radius 1 is 1.25 bits per heavy atom. The molecule has 3 N–H and O–H groups in total. The molecule has 2 heterocycles. The maximum absolute atomic E-state index is 5.49. The summed E-state index contributed by atoms with van der Waals surface area (Å²) in [4.78, 5) is 7.83. The summed E-state index contributed by atoms with van der Waals surface area (Å²) < 4.78 is 11.2. The van der Waals surface area contributed by atoms with E-state index in [1.54, 1.807) is 14.2 Å². The highest BCUT2D eigenvalue weighted by Gasteiger charge is 2.29. The van der Waals surface area contributed by atoms with E-state index in [-0.39, 0.29) is 0 Å². The van der Waals surface area contributed by atoms with Gasteiger partial charge in [-0.05, 0) is 44.4 Å². The topological polar surface area (TPSA) is 70.7 Å². The molecule has 0 saturated carbocycles. The van der Waals surface area contributed by atoms with Gasteiger partial charge in [-0.25, -0.2) is 0 Å². The van der Waals surface area contributed by atoms with E-state index in [0.717, 1.165) is 54.3 Å². The number of benzene rings is 1. The van der Waals surface area contributed by atoms with Crippen LogP contribution in [0, 0.1) is 0 Å². The molecular weight excluding hydrogens is 372 g/mol. The number of ether oxygens (including phenoxy) is 2. The predicted molar refractivity (Wildman–Crippen MR) is 119 cm³/mol. The van der Waals surface area contributed by atoms with Gasteiger partial charge in [0.25, 0.3) is 0 Å². The zero-order chi connectivity index (χ0) is 20.0. The molecule has 0 radical (unpaired) electrons. The van der Waals surface area contributed by atoms with Crippen LogP contribution < -0.4 is 20.1 Å². The van der Waals surface area contributed by atoms with Crippen molar-refractivity contribution in [2.75, 3.05) is 40.1 Å². The van der Waals surface area contributed by atoms with Crippen LogP contribution in [0.2, 0.25) is 0 Å². The van der Waals surface area contributed by atoms with Gasteiger partial charge in [-0.15, -0.1) is 0 Å². The predicted octanol–water partition coefficient (Wildman–Crippen LogP) is 3.57. The molecule has 1 aromatic carbocycles. The van der Waals surface area contributed by atoms with Crippen molar-refractivity contribution in [3.63, 3.8) is 0 Å². The Morgan fingerprint density at radius 3 is 2.79 bits per heavy atom. The van der Waals surface area contributed by atoms with Crippen molar-refractivity contribution in [2.24, 2.45) is 4.99 Å². The van der Waals surface area contributed by atoms with E-state index in [9.17, 15) is 0 Å². The molecule has 2 aromatic rings. The van der Waals surface area contributed by atoms with Crippen LogP contribution in [0.3, 0.4) is 0 Å². The summed E-state index contributed by atoms with van der Waals surface area (Å²) in [6.45, 7) is 4.17. The minimum Gasteiger partial charge on any atom is -0.497 e. The van der Waals surface area contributed by atoms with E-state index in [1.807, 2.05) is 19.2 Å². The van der Waals surface area contributed by atoms with E-state index in [2.05, 4.69) is 45.4 Å². The molecule has 3 rings (SSSR count). The summed E-state index contributed by atoms with van der Waals surface area (Å²) in [5.41, 5.74) is 2.24. The molecular formula is C21H32N4O2S. The zero-order valence-electron chi connectivity index (χ0n) is 17.4. The number of nitrogens with one attached hydrogen (secondary N) is 3. The number of thioether (sulfide) groups is 1. The Labute approximate surface area is 171 Å². The smallest absolute Gasteiger partial charge is 0.191 e. The number of nitrogens with zero attached hydrogens (tertiary/aromatic N) is 1. The molecule has 6 nitrogen and oxygen atoms in total. The number of methoxy groups -OCH3 is 2. The van der Waals surface area contributed by atoms with Crippen LogP contribution in [0.4, 0.5) is 0 Å². The molecule has 154 valence electrons. The third-order valence-corrected chi connectivity index (χ3v) is 6.79. The highest BCUT2D eigenvalue weighted by atomic mass is 32.2. The van der Waals surface area contributed by atoms with Crippen LogP contribution in [0.15, 0.2) is 23.2 Å². The van der Waals surface area contributed by atoms with Crippen LogP contribution >= 0.6 is 11.8 Å². The van der Waals surface area contributed by atoms with Crippen molar-refractivity contribution >= 4 is 28.6 Å². The number of aliphatic imine (C=N–C) groups is 1. The van der Waals surface area contributed by atoms with E-state index in [1.165, 1.54) is 24.3 Å².